The van der Waals surface area contributed by atoms with Gasteiger partial charge in [-0.25, -0.2) is 0 Å². The molecule has 3 rings (SSSR count). The van der Waals surface area contributed by atoms with Crippen LogP contribution in [0.4, 0.5) is 5.69 Å². The maximum atomic E-state index is 3.56. The first kappa shape index (κ1) is 13.0. The molecule has 0 amide bonds. The summed E-state index contributed by atoms with van der Waals surface area (Å²) in [6.45, 7) is 4.03. The third-order valence-corrected chi connectivity index (χ3v) is 4.34. The molecule has 0 saturated carbocycles. The van der Waals surface area contributed by atoms with E-state index >= 15 is 0 Å². The zero-order valence-corrected chi connectivity index (χ0v) is 12.4. The molecule has 0 saturated heterocycles. The van der Waals surface area contributed by atoms with E-state index in [9.17, 15) is 0 Å². The first-order chi connectivity index (χ1) is 9.88. The standard InChI is InChI=1S/C17H18N2S/c1-2-19-11-5-7-14(19)13-18-16-9-4-3-8-15(16)17-10-6-12-20-17/h3-12,18H,2,13H2,1H3. The van der Waals surface area contributed by atoms with Crippen molar-refractivity contribution in [1.29, 1.82) is 0 Å². The van der Waals surface area contributed by atoms with Crippen molar-refractivity contribution in [2.24, 2.45) is 0 Å². The smallest absolute Gasteiger partial charge is 0.0553 e. The van der Waals surface area contributed by atoms with Gasteiger partial charge in [-0.1, -0.05) is 24.3 Å². The predicted molar refractivity (Wildman–Crippen MR) is 87.2 cm³/mol. The Balaban J connectivity index is 1.81. The van der Waals surface area contributed by atoms with E-state index in [1.807, 2.05) is 0 Å². The van der Waals surface area contributed by atoms with Crippen LogP contribution in [0.15, 0.2) is 60.1 Å². The van der Waals surface area contributed by atoms with Crippen molar-refractivity contribution in [1.82, 2.24) is 4.57 Å². The van der Waals surface area contributed by atoms with Crippen LogP contribution in [0.3, 0.4) is 0 Å². The van der Waals surface area contributed by atoms with Crippen LogP contribution in [-0.2, 0) is 13.1 Å². The van der Waals surface area contributed by atoms with Crippen LogP contribution in [0, 0.1) is 0 Å². The van der Waals surface area contributed by atoms with Gasteiger partial charge in [-0.05, 0) is 36.6 Å². The second kappa shape index (κ2) is 5.97. The Bertz CT molecular complexity index is 668. The Morgan fingerprint density at radius 1 is 1.05 bits per heavy atom. The molecule has 102 valence electrons. The van der Waals surface area contributed by atoms with E-state index in [0.29, 0.717) is 0 Å². The van der Waals surface area contributed by atoms with Crippen LogP contribution in [0.1, 0.15) is 12.6 Å². The minimum absolute atomic E-state index is 0.850. The molecule has 2 aromatic heterocycles. The van der Waals surface area contributed by atoms with Crippen molar-refractivity contribution in [3.63, 3.8) is 0 Å². The summed E-state index contributed by atoms with van der Waals surface area (Å²) < 4.78 is 2.26. The van der Waals surface area contributed by atoms with Crippen LogP contribution in [0.5, 0.6) is 0 Å². The monoisotopic (exact) mass is 282 g/mol. The number of aryl methyl sites for hydroxylation is 1. The van der Waals surface area contributed by atoms with Crippen molar-refractivity contribution in [2.75, 3.05) is 5.32 Å². The molecule has 0 fully saturated rings. The fourth-order valence-corrected chi connectivity index (χ4v) is 3.15. The highest BCUT2D eigenvalue weighted by molar-refractivity contribution is 7.13. The average molecular weight is 282 g/mol. The van der Waals surface area contributed by atoms with Gasteiger partial charge in [0.2, 0.25) is 0 Å². The zero-order chi connectivity index (χ0) is 13.8. The molecule has 0 spiro atoms. The van der Waals surface area contributed by atoms with E-state index in [1.165, 1.54) is 21.8 Å². The summed E-state index contributed by atoms with van der Waals surface area (Å²) in [5.74, 6) is 0. The molecule has 20 heavy (non-hydrogen) atoms. The largest absolute Gasteiger partial charge is 0.379 e. The Morgan fingerprint density at radius 3 is 2.75 bits per heavy atom. The number of hydrogen-bond donors (Lipinski definition) is 1. The quantitative estimate of drug-likeness (QED) is 0.708. The molecule has 1 N–H and O–H groups in total. The molecule has 0 unspecified atom stereocenters. The number of nitrogens with zero attached hydrogens (tertiary/aromatic N) is 1. The van der Waals surface area contributed by atoms with E-state index in [-0.39, 0.29) is 0 Å². The van der Waals surface area contributed by atoms with Gasteiger partial charge in [-0.3, -0.25) is 0 Å². The number of thiophene rings is 1. The van der Waals surface area contributed by atoms with Gasteiger partial charge in [0.05, 0.1) is 6.54 Å². The Morgan fingerprint density at radius 2 is 1.95 bits per heavy atom. The van der Waals surface area contributed by atoms with Crippen LogP contribution in [0.2, 0.25) is 0 Å². The third kappa shape index (κ3) is 2.63. The fourth-order valence-electron chi connectivity index (χ4n) is 2.39. The first-order valence-corrected chi connectivity index (χ1v) is 7.77. The number of benzene rings is 1. The van der Waals surface area contributed by atoms with Crippen molar-refractivity contribution < 1.29 is 0 Å². The lowest BCUT2D eigenvalue weighted by Gasteiger charge is -2.12. The van der Waals surface area contributed by atoms with Gasteiger partial charge in [-0.2, -0.15) is 0 Å². The van der Waals surface area contributed by atoms with Gasteiger partial charge in [-0.15, -0.1) is 11.3 Å². The molecule has 0 bridgehead atoms. The normalized spacial score (nSPS) is 10.7. The molecule has 0 aliphatic carbocycles. The number of hydrogen-bond acceptors (Lipinski definition) is 2. The summed E-state index contributed by atoms with van der Waals surface area (Å²) in [5, 5.41) is 5.68. The van der Waals surface area contributed by atoms with E-state index in [4.69, 9.17) is 0 Å². The summed E-state index contributed by atoms with van der Waals surface area (Å²) in [4.78, 5) is 1.30. The van der Waals surface area contributed by atoms with E-state index in [1.54, 1.807) is 11.3 Å². The molecular weight excluding hydrogens is 264 g/mol. The molecule has 3 aromatic rings. The second-order valence-electron chi connectivity index (χ2n) is 4.66. The highest BCUT2D eigenvalue weighted by Gasteiger charge is 2.06. The maximum Gasteiger partial charge on any atom is 0.0553 e. The topological polar surface area (TPSA) is 17.0 Å². The highest BCUT2D eigenvalue weighted by Crippen LogP contribution is 2.31. The van der Waals surface area contributed by atoms with Crippen molar-refractivity contribution in [3.05, 3.63) is 65.8 Å². The lowest BCUT2D eigenvalue weighted by Crippen LogP contribution is -2.06. The molecule has 0 aliphatic rings. The molecule has 0 aliphatic heterocycles. The summed E-state index contributed by atoms with van der Waals surface area (Å²) in [6.07, 6.45) is 2.13. The lowest BCUT2D eigenvalue weighted by molar-refractivity contribution is 0.724. The van der Waals surface area contributed by atoms with Gasteiger partial charge in [0.15, 0.2) is 0 Å². The molecule has 1 aromatic carbocycles. The van der Waals surface area contributed by atoms with Gasteiger partial charge >= 0.3 is 0 Å². The number of aromatic nitrogens is 1. The molecule has 0 radical (unpaired) electrons. The van der Waals surface area contributed by atoms with Gasteiger partial charge in [0.25, 0.3) is 0 Å². The minimum Gasteiger partial charge on any atom is -0.379 e. The fraction of sp³-hybridized carbons (Fsp3) is 0.176. The predicted octanol–water partition coefficient (Wildman–Crippen LogP) is 4.85. The summed E-state index contributed by atoms with van der Waals surface area (Å²) in [6, 6.07) is 17.0. The Kier molecular flexibility index (Phi) is 3.88. The van der Waals surface area contributed by atoms with Gasteiger partial charge < -0.3 is 9.88 Å². The van der Waals surface area contributed by atoms with Gasteiger partial charge in [0, 0.05) is 34.6 Å². The number of anilines is 1. The zero-order valence-electron chi connectivity index (χ0n) is 11.5. The van der Waals surface area contributed by atoms with Crippen LogP contribution in [-0.4, -0.2) is 4.57 Å². The number of nitrogens with one attached hydrogen (secondary N) is 1. The van der Waals surface area contributed by atoms with E-state index in [2.05, 4.69) is 76.9 Å². The molecule has 2 heterocycles. The molecule has 0 atom stereocenters. The highest BCUT2D eigenvalue weighted by atomic mass is 32.1. The van der Waals surface area contributed by atoms with Crippen LogP contribution < -0.4 is 5.32 Å². The van der Waals surface area contributed by atoms with Gasteiger partial charge in [0.1, 0.15) is 0 Å². The maximum absolute atomic E-state index is 3.56. The second-order valence-corrected chi connectivity index (χ2v) is 5.61. The number of para-hydroxylation sites is 1. The first-order valence-electron chi connectivity index (χ1n) is 6.89. The third-order valence-electron chi connectivity index (χ3n) is 3.44. The summed E-state index contributed by atoms with van der Waals surface area (Å²) >= 11 is 1.78. The van der Waals surface area contributed by atoms with Crippen molar-refractivity contribution in [3.8, 4) is 10.4 Å². The lowest BCUT2D eigenvalue weighted by atomic mass is 10.1. The van der Waals surface area contributed by atoms with Crippen LogP contribution >= 0.6 is 11.3 Å². The van der Waals surface area contributed by atoms with E-state index in [0.717, 1.165) is 13.1 Å². The van der Waals surface area contributed by atoms with Crippen molar-refractivity contribution in [2.45, 2.75) is 20.0 Å². The molecule has 3 heteroatoms. The minimum atomic E-state index is 0.850. The summed E-state index contributed by atoms with van der Waals surface area (Å²) in [5.41, 5.74) is 3.78. The molecule has 2 nitrogen and oxygen atoms in total. The molecular formula is C17H18N2S. The Labute approximate surface area is 123 Å². The van der Waals surface area contributed by atoms with Crippen LogP contribution in [0.25, 0.3) is 10.4 Å². The summed E-state index contributed by atoms with van der Waals surface area (Å²) in [7, 11) is 0. The Hall–Kier alpha value is -2.00. The average Bonchev–Trinajstić information content (AvgIpc) is 3.16. The SMILES string of the molecule is CCn1cccc1CNc1ccccc1-c1cccs1. The van der Waals surface area contributed by atoms with Crippen molar-refractivity contribution >= 4 is 17.0 Å². The van der Waals surface area contributed by atoms with E-state index < -0.39 is 0 Å². The number of rotatable bonds is 5.